The van der Waals surface area contributed by atoms with Crippen LogP contribution in [0.15, 0.2) is 78.9 Å². The number of likely N-dealkylation sites (tertiary alicyclic amines) is 1. The van der Waals surface area contributed by atoms with Crippen LogP contribution in [-0.4, -0.2) is 42.4 Å². The van der Waals surface area contributed by atoms with Crippen molar-refractivity contribution in [3.05, 3.63) is 90.0 Å². The van der Waals surface area contributed by atoms with Crippen LogP contribution >= 0.6 is 0 Å². The van der Waals surface area contributed by atoms with Gasteiger partial charge in [0.15, 0.2) is 0 Å². The quantitative estimate of drug-likeness (QED) is 0.608. The Labute approximate surface area is 220 Å². The molecule has 1 saturated carbocycles. The van der Waals surface area contributed by atoms with E-state index in [-0.39, 0.29) is 29.8 Å². The number of rotatable bonds is 4. The Morgan fingerprint density at radius 3 is 2.51 bits per heavy atom. The molecule has 1 N–H and O–H groups in total. The first-order valence-electron chi connectivity index (χ1n) is 13.9. The van der Waals surface area contributed by atoms with Crippen molar-refractivity contribution >= 4 is 17.5 Å². The molecule has 1 unspecified atom stereocenters. The number of fused-ring (bicyclic) bond motifs is 3. The zero-order chi connectivity index (χ0) is 25.4. The molecule has 0 bridgehead atoms. The summed E-state index contributed by atoms with van der Waals surface area (Å²) in [5, 5.41) is 3.24. The van der Waals surface area contributed by atoms with Crippen LogP contribution in [0.1, 0.15) is 60.5 Å². The Bertz CT molecular complexity index is 1210. The number of hydrogen-bond donors (Lipinski definition) is 1. The molecule has 2 fully saturated rings. The normalized spacial score (nSPS) is 30.5. The molecule has 0 radical (unpaired) electrons. The van der Waals surface area contributed by atoms with Gasteiger partial charge in [0.05, 0.1) is 12.0 Å². The van der Waals surface area contributed by atoms with Crippen molar-refractivity contribution in [3.8, 4) is 0 Å². The Morgan fingerprint density at radius 1 is 0.919 bits per heavy atom. The minimum absolute atomic E-state index is 0.0774. The standard InChI is InChI=1S/C32H37N3O2/c1-34-28-19-11-9-17-25(28)30-26(29(34)22-12-4-2-5-13-22)20-21-35(30)32(37)24-16-8-10-18-27(24)33-31(36)23-14-6-3-7-15-23/h2-7,9,11-12,14-15,17,19,22,24,26-27,29-30H,8,10,13,16,18,20-21H2,1H3,(H,33,36)/t22?,24-,26+,27+,29-,30-/m0/s1. The molecule has 2 amide bonds. The van der Waals surface area contributed by atoms with Crippen molar-refractivity contribution in [1.29, 1.82) is 0 Å². The zero-order valence-corrected chi connectivity index (χ0v) is 21.6. The number of carbonyl (C=O) groups is 2. The van der Waals surface area contributed by atoms with E-state index < -0.39 is 0 Å². The lowest BCUT2D eigenvalue weighted by Gasteiger charge is -2.48. The Kier molecular flexibility index (Phi) is 6.62. The van der Waals surface area contributed by atoms with Crippen LogP contribution in [-0.2, 0) is 4.79 Å². The third-order valence-electron chi connectivity index (χ3n) is 9.14. The molecule has 6 rings (SSSR count). The van der Waals surface area contributed by atoms with Crippen LogP contribution in [0, 0.1) is 17.8 Å². The molecule has 2 aliphatic carbocycles. The number of nitrogens with one attached hydrogen (secondary N) is 1. The maximum Gasteiger partial charge on any atom is 0.251 e. The largest absolute Gasteiger partial charge is 0.370 e. The molecular formula is C32H37N3O2. The lowest BCUT2D eigenvalue weighted by molar-refractivity contribution is -0.139. The molecule has 5 nitrogen and oxygen atoms in total. The summed E-state index contributed by atoms with van der Waals surface area (Å²) in [6.07, 6.45) is 14.8. The highest BCUT2D eigenvalue weighted by atomic mass is 16.2. The summed E-state index contributed by atoms with van der Waals surface area (Å²) in [6, 6.07) is 18.4. The Hall–Kier alpha value is -3.34. The van der Waals surface area contributed by atoms with Crippen LogP contribution in [0.25, 0.3) is 0 Å². The fourth-order valence-corrected chi connectivity index (χ4v) is 7.44. The first kappa shape index (κ1) is 24.0. The molecule has 0 spiro atoms. The van der Waals surface area contributed by atoms with Crippen molar-refractivity contribution < 1.29 is 9.59 Å². The van der Waals surface area contributed by atoms with Crippen LogP contribution in [0.3, 0.4) is 0 Å². The van der Waals surface area contributed by atoms with E-state index in [9.17, 15) is 9.59 Å². The molecule has 1 saturated heterocycles. The number of para-hydroxylation sites is 1. The number of carbonyl (C=O) groups excluding carboxylic acids is 2. The maximum absolute atomic E-state index is 14.3. The molecule has 2 aliphatic heterocycles. The predicted molar refractivity (Wildman–Crippen MR) is 147 cm³/mol. The monoisotopic (exact) mass is 495 g/mol. The van der Waals surface area contributed by atoms with Gasteiger partial charge in [-0.1, -0.05) is 73.5 Å². The molecule has 5 heteroatoms. The van der Waals surface area contributed by atoms with Crippen LogP contribution in [0.4, 0.5) is 5.69 Å². The van der Waals surface area contributed by atoms with Gasteiger partial charge in [-0.15, -0.1) is 0 Å². The third-order valence-corrected chi connectivity index (χ3v) is 9.14. The summed E-state index contributed by atoms with van der Waals surface area (Å²) < 4.78 is 0. The topological polar surface area (TPSA) is 52.6 Å². The molecule has 2 heterocycles. The van der Waals surface area contributed by atoms with E-state index in [0.717, 1.165) is 45.1 Å². The summed E-state index contributed by atoms with van der Waals surface area (Å²) in [4.78, 5) is 31.9. The molecule has 2 aromatic carbocycles. The lowest BCUT2D eigenvalue weighted by Crippen LogP contribution is -2.52. The highest BCUT2D eigenvalue weighted by Gasteiger charge is 2.51. The summed E-state index contributed by atoms with van der Waals surface area (Å²) in [5.41, 5.74) is 3.17. The number of benzene rings is 2. The lowest BCUT2D eigenvalue weighted by atomic mass is 9.74. The predicted octanol–water partition coefficient (Wildman–Crippen LogP) is 5.52. The van der Waals surface area contributed by atoms with Crippen LogP contribution in [0.5, 0.6) is 0 Å². The van der Waals surface area contributed by atoms with E-state index in [1.807, 2.05) is 30.3 Å². The van der Waals surface area contributed by atoms with Crippen molar-refractivity contribution in [2.45, 2.75) is 56.7 Å². The van der Waals surface area contributed by atoms with Gasteiger partial charge in [-0.3, -0.25) is 9.59 Å². The van der Waals surface area contributed by atoms with Gasteiger partial charge in [0.25, 0.3) is 5.91 Å². The van der Waals surface area contributed by atoms with Gasteiger partial charge in [0.1, 0.15) is 0 Å². The summed E-state index contributed by atoms with van der Waals surface area (Å²) in [5.74, 6) is 0.821. The fraction of sp³-hybridized carbons (Fsp3) is 0.438. The Balaban J connectivity index is 1.28. The molecule has 6 atom stereocenters. The maximum atomic E-state index is 14.3. The van der Waals surface area contributed by atoms with E-state index in [1.54, 1.807) is 0 Å². The van der Waals surface area contributed by atoms with Gasteiger partial charge >= 0.3 is 0 Å². The zero-order valence-electron chi connectivity index (χ0n) is 21.6. The second-order valence-electron chi connectivity index (χ2n) is 11.1. The van der Waals surface area contributed by atoms with Crippen molar-refractivity contribution in [2.24, 2.45) is 17.8 Å². The summed E-state index contributed by atoms with van der Waals surface area (Å²) in [6.45, 7) is 0.787. The minimum Gasteiger partial charge on any atom is -0.370 e. The van der Waals surface area contributed by atoms with Gasteiger partial charge < -0.3 is 15.1 Å². The molecule has 192 valence electrons. The fourth-order valence-electron chi connectivity index (χ4n) is 7.44. The van der Waals surface area contributed by atoms with E-state index in [4.69, 9.17) is 0 Å². The van der Waals surface area contributed by atoms with Crippen molar-refractivity contribution in [2.75, 3.05) is 18.5 Å². The SMILES string of the molecule is CN1c2ccccc2[C@H]2[C@H](CCN2C(=O)[C@H]2CCCC[C@H]2NC(=O)c2ccccc2)[C@@H]1C1C=CC=CC1. The summed E-state index contributed by atoms with van der Waals surface area (Å²) >= 11 is 0. The smallest absolute Gasteiger partial charge is 0.251 e. The molecule has 0 aromatic heterocycles. The van der Waals surface area contributed by atoms with Crippen molar-refractivity contribution in [1.82, 2.24) is 10.2 Å². The van der Waals surface area contributed by atoms with Crippen LogP contribution in [0.2, 0.25) is 0 Å². The average Bonchev–Trinajstić information content (AvgIpc) is 3.39. The highest BCUT2D eigenvalue weighted by molar-refractivity contribution is 5.95. The Morgan fingerprint density at radius 2 is 1.70 bits per heavy atom. The highest BCUT2D eigenvalue weighted by Crippen LogP contribution is 2.51. The number of nitrogens with zero attached hydrogens (tertiary/aromatic N) is 2. The molecule has 2 aromatic rings. The second kappa shape index (κ2) is 10.2. The first-order chi connectivity index (χ1) is 18.1. The molecular weight excluding hydrogens is 458 g/mol. The number of hydrogen-bond acceptors (Lipinski definition) is 3. The number of amides is 2. The number of allylic oxidation sites excluding steroid dienone is 3. The van der Waals surface area contributed by atoms with Crippen molar-refractivity contribution in [3.63, 3.8) is 0 Å². The van der Waals surface area contributed by atoms with Gasteiger partial charge in [-0.2, -0.15) is 0 Å². The van der Waals surface area contributed by atoms with E-state index in [1.165, 1.54) is 11.3 Å². The molecule has 4 aliphatic rings. The average molecular weight is 496 g/mol. The van der Waals surface area contributed by atoms with E-state index in [0.29, 0.717) is 23.4 Å². The second-order valence-corrected chi connectivity index (χ2v) is 11.1. The van der Waals surface area contributed by atoms with Gasteiger partial charge in [0, 0.05) is 48.8 Å². The van der Waals surface area contributed by atoms with Gasteiger partial charge in [-0.05, 0) is 49.4 Å². The van der Waals surface area contributed by atoms with E-state index >= 15 is 0 Å². The minimum atomic E-state index is -0.164. The number of anilines is 1. The molecule has 37 heavy (non-hydrogen) atoms. The summed E-state index contributed by atoms with van der Waals surface area (Å²) in [7, 11) is 2.23. The van der Waals surface area contributed by atoms with Gasteiger partial charge in [-0.25, -0.2) is 0 Å². The van der Waals surface area contributed by atoms with E-state index in [2.05, 4.69) is 70.7 Å². The van der Waals surface area contributed by atoms with Crippen LogP contribution < -0.4 is 10.2 Å². The third kappa shape index (κ3) is 4.39. The van der Waals surface area contributed by atoms with Gasteiger partial charge in [0.2, 0.25) is 5.91 Å². The first-order valence-corrected chi connectivity index (χ1v) is 13.9.